The van der Waals surface area contributed by atoms with Crippen molar-refractivity contribution in [2.75, 3.05) is 0 Å². The van der Waals surface area contributed by atoms with Gasteiger partial charge in [0.2, 0.25) is 0 Å². The van der Waals surface area contributed by atoms with E-state index in [-0.39, 0.29) is 0 Å². The fraction of sp³-hybridized carbons (Fsp3) is 1.00. The van der Waals surface area contributed by atoms with Crippen LogP contribution in [0.25, 0.3) is 0 Å². The topological polar surface area (TPSA) is 40.5 Å². The van der Waals surface area contributed by atoms with Gasteiger partial charge >= 0.3 is 0 Å². The van der Waals surface area contributed by atoms with Crippen molar-refractivity contribution in [1.29, 1.82) is 0 Å². The second-order valence-electron chi connectivity index (χ2n) is 4.71. The Hall–Kier alpha value is -0.0800. The van der Waals surface area contributed by atoms with Crippen LogP contribution in [0.5, 0.6) is 0 Å². The van der Waals surface area contributed by atoms with Crippen molar-refractivity contribution >= 4 is 0 Å². The van der Waals surface area contributed by atoms with Gasteiger partial charge in [-0.3, -0.25) is 0 Å². The summed E-state index contributed by atoms with van der Waals surface area (Å²) in [5.74, 6) is -0.675. The van der Waals surface area contributed by atoms with Crippen LogP contribution >= 0.6 is 0 Å². The smallest absolute Gasteiger partial charge is 0.159 e. The van der Waals surface area contributed by atoms with Crippen LogP contribution < -0.4 is 0 Å². The predicted molar refractivity (Wildman–Crippen MR) is 60.0 cm³/mol. The third-order valence-corrected chi connectivity index (χ3v) is 2.65. The van der Waals surface area contributed by atoms with E-state index in [0.29, 0.717) is 6.42 Å². The number of hydrogen-bond donors (Lipinski definition) is 2. The standard InChI is InChI=1S/C12H26O2/c1-4-5-8-11(2)9-6-7-10-12(3,13)14/h11,13-14H,4-10H2,1-3H3. The van der Waals surface area contributed by atoms with Crippen molar-refractivity contribution in [2.45, 2.75) is 71.5 Å². The minimum atomic E-state index is -1.47. The number of unbranched alkanes of at least 4 members (excludes halogenated alkanes) is 2. The van der Waals surface area contributed by atoms with Crippen LogP contribution in [-0.2, 0) is 0 Å². The highest BCUT2D eigenvalue weighted by molar-refractivity contribution is 4.59. The maximum absolute atomic E-state index is 9.08. The molecule has 0 aliphatic carbocycles. The number of rotatable bonds is 8. The molecular formula is C12H26O2. The molecule has 2 nitrogen and oxygen atoms in total. The summed E-state index contributed by atoms with van der Waals surface area (Å²) in [5.41, 5.74) is 0. The third-order valence-electron chi connectivity index (χ3n) is 2.65. The molecule has 1 unspecified atom stereocenters. The third kappa shape index (κ3) is 10.0. The Morgan fingerprint density at radius 3 is 2.14 bits per heavy atom. The Bertz CT molecular complexity index is 127. The predicted octanol–water partition coefficient (Wildman–Crippen LogP) is 3.07. The molecule has 0 aromatic rings. The minimum Gasteiger partial charge on any atom is -0.366 e. The lowest BCUT2D eigenvalue weighted by Gasteiger charge is -2.16. The molecule has 0 radical (unpaired) electrons. The normalized spacial score (nSPS) is 14.4. The fourth-order valence-corrected chi connectivity index (χ4v) is 1.65. The van der Waals surface area contributed by atoms with Crippen LogP contribution in [0.2, 0.25) is 0 Å². The molecule has 0 fully saturated rings. The van der Waals surface area contributed by atoms with Crippen LogP contribution in [0.4, 0.5) is 0 Å². The van der Waals surface area contributed by atoms with Crippen molar-refractivity contribution in [3.63, 3.8) is 0 Å². The highest BCUT2D eigenvalue weighted by atomic mass is 16.5. The lowest BCUT2D eigenvalue weighted by molar-refractivity contribution is -0.150. The zero-order chi connectivity index (χ0) is 11.0. The van der Waals surface area contributed by atoms with Gasteiger partial charge in [-0.05, 0) is 19.3 Å². The largest absolute Gasteiger partial charge is 0.366 e. The molecule has 0 amide bonds. The Kier molecular flexibility index (Phi) is 7.20. The highest BCUT2D eigenvalue weighted by Crippen LogP contribution is 2.17. The molecule has 0 aromatic carbocycles. The molecule has 2 N–H and O–H groups in total. The van der Waals surface area contributed by atoms with Gasteiger partial charge in [-0.1, -0.05) is 46.0 Å². The summed E-state index contributed by atoms with van der Waals surface area (Å²) in [6.07, 6.45) is 7.64. The molecular weight excluding hydrogens is 176 g/mol. The average molecular weight is 202 g/mol. The second-order valence-corrected chi connectivity index (χ2v) is 4.71. The second kappa shape index (κ2) is 7.24. The van der Waals surface area contributed by atoms with Crippen molar-refractivity contribution in [3.05, 3.63) is 0 Å². The van der Waals surface area contributed by atoms with Crippen molar-refractivity contribution in [3.8, 4) is 0 Å². The molecule has 0 rings (SSSR count). The van der Waals surface area contributed by atoms with Gasteiger partial charge in [0.25, 0.3) is 0 Å². The molecule has 0 aliphatic rings. The van der Waals surface area contributed by atoms with E-state index in [1.54, 1.807) is 0 Å². The lowest BCUT2D eigenvalue weighted by Crippen LogP contribution is -2.22. The van der Waals surface area contributed by atoms with Gasteiger partial charge in [0.05, 0.1) is 0 Å². The summed E-state index contributed by atoms with van der Waals surface area (Å²) in [6.45, 7) is 5.95. The van der Waals surface area contributed by atoms with Crippen LogP contribution in [0.1, 0.15) is 65.7 Å². The molecule has 0 bridgehead atoms. The number of hydrogen-bond acceptors (Lipinski definition) is 2. The van der Waals surface area contributed by atoms with Gasteiger partial charge in [-0.25, -0.2) is 0 Å². The first-order valence-corrected chi connectivity index (χ1v) is 5.90. The number of aliphatic hydroxyl groups is 2. The van der Waals surface area contributed by atoms with Crippen molar-refractivity contribution in [2.24, 2.45) is 5.92 Å². The zero-order valence-electron chi connectivity index (χ0n) is 9.92. The molecule has 1 atom stereocenters. The Labute approximate surface area is 88.3 Å². The van der Waals surface area contributed by atoms with E-state index in [2.05, 4.69) is 13.8 Å². The molecule has 0 saturated carbocycles. The fourth-order valence-electron chi connectivity index (χ4n) is 1.65. The van der Waals surface area contributed by atoms with E-state index in [0.717, 1.165) is 18.8 Å². The van der Waals surface area contributed by atoms with Crippen LogP contribution in [0, 0.1) is 5.92 Å². The Morgan fingerprint density at radius 2 is 1.64 bits per heavy atom. The summed E-state index contributed by atoms with van der Waals surface area (Å²) < 4.78 is 0. The van der Waals surface area contributed by atoms with Crippen LogP contribution in [-0.4, -0.2) is 16.0 Å². The summed E-state index contributed by atoms with van der Waals surface area (Å²) in [4.78, 5) is 0. The monoisotopic (exact) mass is 202 g/mol. The SMILES string of the molecule is CCCCC(C)CCCCC(C)(O)O. The molecule has 0 saturated heterocycles. The van der Waals surface area contributed by atoms with E-state index >= 15 is 0 Å². The maximum atomic E-state index is 9.08. The highest BCUT2D eigenvalue weighted by Gasteiger charge is 2.13. The summed E-state index contributed by atoms with van der Waals surface area (Å²) in [7, 11) is 0. The van der Waals surface area contributed by atoms with Gasteiger partial charge in [0, 0.05) is 6.42 Å². The van der Waals surface area contributed by atoms with E-state index in [4.69, 9.17) is 10.2 Å². The first-order valence-electron chi connectivity index (χ1n) is 5.90. The van der Waals surface area contributed by atoms with Crippen LogP contribution in [0.3, 0.4) is 0 Å². The minimum absolute atomic E-state index is 0.494. The Balaban J connectivity index is 3.27. The molecule has 2 heteroatoms. The molecule has 0 aliphatic heterocycles. The average Bonchev–Trinajstić information content (AvgIpc) is 2.07. The molecule has 86 valence electrons. The van der Waals surface area contributed by atoms with E-state index in [9.17, 15) is 0 Å². The van der Waals surface area contributed by atoms with Gasteiger partial charge in [0.1, 0.15) is 0 Å². The van der Waals surface area contributed by atoms with Crippen molar-refractivity contribution in [1.82, 2.24) is 0 Å². The van der Waals surface area contributed by atoms with Gasteiger partial charge in [-0.15, -0.1) is 0 Å². The first-order chi connectivity index (χ1) is 6.45. The van der Waals surface area contributed by atoms with Crippen LogP contribution in [0.15, 0.2) is 0 Å². The molecule has 0 spiro atoms. The van der Waals surface area contributed by atoms with Gasteiger partial charge in [0.15, 0.2) is 5.79 Å². The Morgan fingerprint density at radius 1 is 1.07 bits per heavy atom. The summed E-state index contributed by atoms with van der Waals surface area (Å²) in [6, 6.07) is 0. The molecule has 14 heavy (non-hydrogen) atoms. The first kappa shape index (κ1) is 13.9. The van der Waals surface area contributed by atoms with Crippen molar-refractivity contribution < 1.29 is 10.2 Å². The van der Waals surface area contributed by atoms with E-state index in [1.807, 2.05) is 0 Å². The summed E-state index contributed by atoms with van der Waals surface area (Å²) in [5, 5.41) is 18.2. The molecule has 0 heterocycles. The molecule has 0 aromatic heterocycles. The van der Waals surface area contributed by atoms with E-state index < -0.39 is 5.79 Å². The quantitative estimate of drug-likeness (QED) is 0.469. The lowest BCUT2D eigenvalue weighted by atomic mass is 9.97. The van der Waals surface area contributed by atoms with E-state index in [1.165, 1.54) is 32.6 Å². The summed E-state index contributed by atoms with van der Waals surface area (Å²) >= 11 is 0. The van der Waals surface area contributed by atoms with Gasteiger partial charge < -0.3 is 10.2 Å². The zero-order valence-corrected chi connectivity index (χ0v) is 9.92. The van der Waals surface area contributed by atoms with Gasteiger partial charge in [-0.2, -0.15) is 0 Å². The maximum Gasteiger partial charge on any atom is 0.159 e.